The third kappa shape index (κ3) is 3.81. The van der Waals surface area contributed by atoms with Crippen molar-refractivity contribution in [3.63, 3.8) is 0 Å². The van der Waals surface area contributed by atoms with Crippen LogP contribution in [0, 0.1) is 0 Å². The number of carbonyl (C=O) groups excluding carboxylic acids is 2. The molecule has 1 heterocycles. The van der Waals surface area contributed by atoms with Gasteiger partial charge in [-0.25, -0.2) is 0 Å². The van der Waals surface area contributed by atoms with E-state index in [1.165, 1.54) is 0 Å². The fourth-order valence-electron chi connectivity index (χ4n) is 3.90. The highest BCUT2D eigenvalue weighted by molar-refractivity contribution is 5.97. The van der Waals surface area contributed by atoms with Crippen LogP contribution >= 0.6 is 0 Å². The second-order valence-electron chi connectivity index (χ2n) is 7.04. The molecule has 0 radical (unpaired) electrons. The first-order chi connectivity index (χ1) is 13.5. The van der Waals surface area contributed by atoms with Gasteiger partial charge in [-0.1, -0.05) is 18.2 Å². The van der Waals surface area contributed by atoms with Gasteiger partial charge in [-0.3, -0.25) is 9.59 Å². The Morgan fingerprint density at radius 3 is 2.57 bits per heavy atom. The molecule has 0 saturated carbocycles. The Kier molecular flexibility index (Phi) is 5.87. The van der Waals surface area contributed by atoms with Crippen LogP contribution in [0.1, 0.15) is 36.8 Å². The molecule has 2 amide bonds. The van der Waals surface area contributed by atoms with Crippen LogP contribution in [-0.2, 0) is 16.0 Å². The number of rotatable bonds is 6. The number of methoxy groups -OCH3 is 2. The molecule has 0 aliphatic carbocycles. The predicted molar refractivity (Wildman–Crippen MR) is 108 cm³/mol. The van der Waals surface area contributed by atoms with Crippen LogP contribution in [0.3, 0.4) is 0 Å². The second-order valence-corrected chi connectivity index (χ2v) is 7.04. The number of para-hydroxylation sites is 1. The Balaban J connectivity index is 1.83. The van der Waals surface area contributed by atoms with E-state index in [9.17, 15) is 9.59 Å². The predicted octanol–water partition coefficient (Wildman–Crippen LogP) is 3.03. The highest BCUT2D eigenvalue weighted by Gasteiger charge is 2.35. The van der Waals surface area contributed by atoms with E-state index >= 15 is 0 Å². The lowest BCUT2D eigenvalue weighted by atomic mass is 9.85. The molecule has 0 bridgehead atoms. The van der Waals surface area contributed by atoms with Crippen LogP contribution in [0.4, 0.5) is 5.69 Å². The largest absolute Gasteiger partial charge is 0.497 e. The first kappa shape index (κ1) is 19.7. The number of benzene rings is 2. The molecule has 1 aliphatic heterocycles. The fourth-order valence-corrected chi connectivity index (χ4v) is 3.90. The highest BCUT2D eigenvalue weighted by Crippen LogP contribution is 2.38. The molecule has 6 nitrogen and oxygen atoms in total. The van der Waals surface area contributed by atoms with Crippen LogP contribution in [0.5, 0.6) is 11.5 Å². The molecule has 1 aliphatic rings. The average molecular weight is 382 g/mol. The van der Waals surface area contributed by atoms with E-state index < -0.39 is 0 Å². The number of nitrogens with zero attached hydrogens (tertiary/aromatic N) is 1. The summed E-state index contributed by atoms with van der Waals surface area (Å²) < 4.78 is 10.7. The lowest BCUT2D eigenvalue weighted by Gasteiger charge is -2.38. The standard InChI is InChI=1S/C22H26N2O4/c1-14-12-18(22(23)26)17-6-4-5-7-19(17)24(14)21(25)11-8-15-13-16(27-2)9-10-20(15)28-3/h4-7,9-10,13-14,18H,8,11-12H2,1-3H3,(H2,23,26)/t14-,18+/m1/s1. The third-order valence-corrected chi connectivity index (χ3v) is 5.30. The van der Waals surface area contributed by atoms with E-state index in [4.69, 9.17) is 15.2 Å². The summed E-state index contributed by atoms with van der Waals surface area (Å²) in [5, 5.41) is 0. The molecule has 0 aromatic heterocycles. The van der Waals surface area contributed by atoms with Crippen molar-refractivity contribution in [2.75, 3.05) is 19.1 Å². The van der Waals surface area contributed by atoms with Gasteiger partial charge in [0.15, 0.2) is 0 Å². The minimum Gasteiger partial charge on any atom is -0.497 e. The molecule has 148 valence electrons. The maximum atomic E-state index is 13.1. The zero-order valence-electron chi connectivity index (χ0n) is 16.5. The van der Waals surface area contributed by atoms with Crippen LogP contribution < -0.4 is 20.1 Å². The normalized spacial score (nSPS) is 18.3. The molecular formula is C22H26N2O4. The van der Waals surface area contributed by atoms with Gasteiger partial charge < -0.3 is 20.1 Å². The smallest absolute Gasteiger partial charge is 0.227 e. The van der Waals surface area contributed by atoms with E-state index in [2.05, 4.69) is 0 Å². The number of hydrogen-bond donors (Lipinski definition) is 1. The number of fused-ring (bicyclic) bond motifs is 1. The van der Waals surface area contributed by atoms with Crippen LogP contribution in [-0.4, -0.2) is 32.1 Å². The number of hydrogen-bond acceptors (Lipinski definition) is 4. The first-order valence-electron chi connectivity index (χ1n) is 9.37. The second kappa shape index (κ2) is 8.33. The number of primary amides is 1. The number of nitrogens with two attached hydrogens (primary N) is 1. The Morgan fingerprint density at radius 2 is 1.89 bits per heavy atom. The van der Waals surface area contributed by atoms with E-state index in [-0.39, 0.29) is 23.8 Å². The Labute approximate surface area is 165 Å². The monoisotopic (exact) mass is 382 g/mol. The molecule has 0 spiro atoms. The van der Waals surface area contributed by atoms with Gasteiger partial charge in [0, 0.05) is 18.2 Å². The highest BCUT2D eigenvalue weighted by atomic mass is 16.5. The minimum absolute atomic E-state index is 0.00717. The van der Waals surface area contributed by atoms with Gasteiger partial charge in [0.05, 0.1) is 20.1 Å². The molecule has 28 heavy (non-hydrogen) atoms. The van der Waals surface area contributed by atoms with Gasteiger partial charge in [0.1, 0.15) is 11.5 Å². The Bertz CT molecular complexity index is 881. The number of ether oxygens (including phenoxy) is 2. The fraction of sp³-hybridized carbons (Fsp3) is 0.364. The number of anilines is 1. The SMILES string of the molecule is COc1ccc(OC)c(CCC(=O)N2c3ccccc3[C@@H](C(N)=O)C[C@H]2C)c1. The summed E-state index contributed by atoms with van der Waals surface area (Å²) in [5.41, 5.74) is 8.10. The molecule has 0 fully saturated rings. The lowest BCUT2D eigenvalue weighted by Crippen LogP contribution is -2.45. The van der Waals surface area contributed by atoms with Gasteiger partial charge in [0.2, 0.25) is 11.8 Å². The van der Waals surface area contributed by atoms with Gasteiger partial charge in [-0.05, 0) is 55.2 Å². The third-order valence-electron chi connectivity index (χ3n) is 5.30. The number of amides is 2. The minimum atomic E-state index is -0.367. The van der Waals surface area contributed by atoms with Crippen molar-refractivity contribution in [1.29, 1.82) is 0 Å². The number of aryl methyl sites for hydroxylation is 1. The summed E-state index contributed by atoms with van der Waals surface area (Å²) in [6, 6.07) is 13.0. The van der Waals surface area contributed by atoms with Crippen molar-refractivity contribution in [3.05, 3.63) is 53.6 Å². The molecule has 2 atom stereocenters. The van der Waals surface area contributed by atoms with E-state index in [0.717, 1.165) is 28.3 Å². The Hall–Kier alpha value is -3.02. The van der Waals surface area contributed by atoms with Crippen molar-refractivity contribution in [2.45, 2.75) is 38.1 Å². The van der Waals surface area contributed by atoms with Gasteiger partial charge in [0.25, 0.3) is 0 Å². The number of carbonyl (C=O) groups is 2. The van der Waals surface area contributed by atoms with Crippen molar-refractivity contribution < 1.29 is 19.1 Å². The van der Waals surface area contributed by atoms with E-state index in [0.29, 0.717) is 19.3 Å². The van der Waals surface area contributed by atoms with E-state index in [1.807, 2.05) is 49.4 Å². The molecule has 2 aromatic carbocycles. The van der Waals surface area contributed by atoms with Crippen molar-refractivity contribution in [1.82, 2.24) is 0 Å². The quantitative estimate of drug-likeness (QED) is 0.833. The molecule has 2 aromatic rings. The van der Waals surface area contributed by atoms with Gasteiger partial charge >= 0.3 is 0 Å². The van der Waals surface area contributed by atoms with E-state index in [1.54, 1.807) is 19.1 Å². The molecular weight excluding hydrogens is 356 g/mol. The first-order valence-corrected chi connectivity index (χ1v) is 9.37. The molecule has 6 heteroatoms. The summed E-state index contributed by atoms with van der Waals surface area (Å²) in [6.45, 7) is 1.95. The summed E-state index contributed by atoms with van der Waals surface area (Å²) in [5.74, 6) is 0.743. The van der Waals surface area contributed by atoms with Crippen LogP contribution in [0.25, 0.3) is 0 Å². The summed E-state index contributed by atoms with van der Waals surface area (Å²) >= 11 is 0. The van der Waals surface area contributed by atoms with Crippen LogP contribution in [0.2, 0.25) is 0 Å². The topological polar surface area (TPSA) is 81.9 Å². The molecule has 0 unspecified atom stereocenters. The van der Waals surface area contributed by atoms with Crippen LogP contribution in [0.15, 0.2) is 42.5 Å². The molecule has 2 N–H and O–H groups in total. The van der Waals surface area contributed by atoms with Gasteiger partial charge in [-0.15, -0.1) is 0 Å². The summed E-state index contributed by atoms with van der Waals surface area (Å²) in [6.07, 6.45) is 1.38. The average Bonchev–Trinajstić information content (AvgIpc) is 2.70. The Morgan fingerprint density at radius 1 is 1.14 bits per heavy atom. The summed E-state index contributed by atoms with van der Waals surface area (Å²) in [4.78, 5) is 26.8. The summed E-state index contributed by atoms with van der Waals surface area (Å²) in [7, 11) is 3.22. The maximum Gasteiger partial charge on any atom is 0.227 e. The van der Waals surface area contributed by atoms with Crippen molar-refractivity contribution >= 4 is 17.5 Å². The zero-order chi connectivity index (χ0) is 20.3. The zero-order valence-corrected chi connectivity index (χ0v) is 16.5. The molecule has 0 saturated heterocycles. The lowest BCUT2D eigenvalue weighted by molar-refractivity contribution is -0.121. The van der Waals surface area contributed by atoms with Crippen molar-refractivity contribution in [3.8, 4) is 11.5 Å². The molecule has 3 rings (SSSR count). The maximum absolute atomic E-state index is 13.1. The van der Waals surface area contributed by atoms with Crippen molar-refractivity contribution in [2.24, 2.45) is 5.73 Å². The van der Waals surface area contributed by atoms with Gasteiger partial charge in [-0.2, -0.15) is 0 Å².